The minimum atomic E-state index is -0.0401. The van der Waals surface area contributed by atoms with Gasteiger partial charge in [0.05, 0.1) is 6.10 Å². The molecule has 2 saturated carbocycles. The van der Waals surface area contributed by atoms with Gasteiger partial charge in [-0.1, -0.05) is 13.3 Å². The van der Waals surface area contributed by atoms with E-state index in [1.807, 2.05) is 0 Å². The van der Waals surface area contributed by atoms with Gasteiger partial charge in [-0.2, -0.15) is 0 Å². The third-order valence-corrected chi connectivity index (χ3v) is 4.39. The first-order valence-corrected chi connectivity index (χ1v) is 6.03. The molecule has 3 unspecified atom stereocenters. The molecular weight excluding hydrogens is 174 g/mol. The number of rotatable bonds is 4. The first kappa shape index (κ1) is 10.4. The van der Waals surface area contributed by atoms with Gasteiger partial charge in [0.2, 0.25) is 0 Å². The molecule has 0 spiro atoms. The average Bonchev–Trinajstić information content (AvgIpc) is 2.77. The lowest BCUT2D eigenvalue weighted by molar-refractivity contribution is 0.128. The van der Waals surface area contributed by atoms with E-state index in [4.69, 9.17) is 0 Å². The van der Waals surface area contributed by atoms with Crippen molar-refractivity contribution in [2.75, 3.05) is 6.54 Å². The molecule has 0 heterocycles. The summed E-state index contributed by atoms with van der Waals surface area (Å²) in [6.07, 6.45) is 6.12. The Bertz CT molecular complexity index is 198. The van der Waals surface area contributed by atoms with Crippen molar-refractivity contribution >= 4 is 0 Å². The summed E-state index contributed by atoms with van der Waals surface area (Å²) < 4.78 is 0. The summed E-state index contributed by atoms with van der Waals surface area (Å²) in [6.45, 7) is 5.65. The molecule has 0 aliphatic heterocycles. The molecule has 14 heavy (non-hydrogen) atoms. The Morgan fingerprint density at radius 2 is 2.14 bits per heavy atom. The van der Waals surface area contributed by atoms with E-state index in [0.717, 1.165) is 13.0 Å². The van der Waals surface area contributed by atoms with Crippen LogP contribution in [-0.4, -0.2) is 23.8 Å². The average molecular weight is 197 g/mol. The molecule has 2 aliphatic carbocycles. The maximum absolute atomic E-state index is 9.68. The second-order valence-corrected chi connectivity index (χ2v) is 5.54. The van der Waals surface area contributed by atoms with Crippen molar-refractivity contribution < 1.29 is 5.11 Å². The van der Waals surface area contributed by atoms with E-state index in [1.165, 1.54) is 25.7 Å². The Morgan fingerprint density at radius 1 is 1.43 bits per heavy atom. The molecule has 0 bridgehead atoms. The van der Waals surface area contributed by atoms with Crippen LogP contribution in [0.4, 0.5) is 0 Å². The molecule has 0 aromatic rings. The van der Waals surface area contributed by atoms with E-state index in [0.29, 0.717) is 17.4 Å². The second kappa shape index (κ2) is 3.82. The summed E-state index contributed by atoms with van der Waals surface area (Å²) in [6, 6.07) is 0.621. The molecule has 3 atom stereocenters. The first-order chi connectivity index (χ1) is 6.62. The van der Waals surface area contributed by atoms with Crippen molar-refractivity contribution in [2.24, 2.45) is 11.3 Å². The topological polar surface area (TPSA) is 32.3 Å². The summed E-state index contributed by atoms with van der Waals surface area (Å²) in [5, 5.41) is 13.3. The van der Waals surface area contributed by atoms with E-state index in [2.05, 4.69) is 19.2 Å². The smallest absolute Gasteiger partial charge is 0.0580 e. The highest BCUT2D eigenvalue weighted by Gasteiger charge is 2.42. The van der Waals surface area contributed by atoms with Crippen LogP contribution in [-0.2, 0) is 0 Å². The summed E-state index contributed by atoms with van der Waals surface area (Å²) >= 11 is 0. The van der Waals surface area contributed by atoms with Crippen LogP contribution >= 0.6 is 0 Å². The van der Waals surface area contributed by atoms with Crippen molar-refractivity contribution in [1.82, 2.24) is 5.32 Å². The van der Waals surface area contributed by atoms with E-state index in [9.17, 15) is 5.11 Å². The van der Waals surface area contributed by atoms with E-state index >= 15 is 0 Å². The molecule has 0 aromatic heterocycles. The largest absolute Gasteiger partial charge is 0.393 e. The maximum atomic E-state index is 9.68. The lowest BCUT2D eigenvalue weighted by Crippen LogP contribution is -2.38. The summed E-state index contributed by atoms with van der Waals surface area (Å²) in [4.78, 5) is 0. The highest BCUT2D eigenvalue weighted by atomic mass is 16.3. The van der Waals surface area contributed by atoms with Gasteiger partial charge in [-0.15, -0.1) is 0 Å². The van der Waals surface area contributed by atoms with Gasteiger partial charge in [-0.25, -0.2) is 0 Å². The standard InChI is InChI=1S/C12H23NO/c1-9(12(2)6-7-12)13-8-10-4-3-5-11(10)14/h9-11,13-14H,3-8H2,1-2H3. The minimum absolute atomic E-state index is 0.0401. The predicted octanol–water partition coefficient (Wildman–Crippen LogP) is 1.93. The molecule has 82 valence electrons. The Morgan fingerprint density at radius 3 is 2.64 bits per heavy atom. The van der Waals surface area contributed by atoms with Crippen LogP contribution in [0.1, 0.15) is 46.0 Å². The quantitative estimate of drug-likeness (QED) is 0.721. The Hall–Kier alpha value is -0.0800. The van der Waals surface area contributed by atoms with Crippen LogP contribution in [0.15, 0.2) is 0 Å². The maximum Gasteiger partial charge on any atom is 0.0580 e. The molecule has 0 aromatic carbocycles. The molecule has 0 saturated heterocycles. The van der Waals surface area contributed by atoms with Crippen LogP contribution < -0.4 is 5.32 Å². The van der Waals surface area contributed by atoms with Crippen molar-refractivity contribution in [3.63, 3.8) is 0 Å². The Balaban J connectivity index is 1.71. The van der Waals surface area contributed by atoms with Crippen molar-refractivity contribution in [2.45, 2.75) is 58.1 Å². The minimum Gasteiger partial charge on any atom is -0.393 e. The molecule has 2 fully saturated rings. The Kier molecular flexibility index (Phi) is 2.85. The third kappa shape index (κ3) is 2.12. The second-order valence-electron chi connectivity index (χ2n) is 5.54. The predicted molar refractivity (Wildman–Crippen MR) is 58.2 cm³/mol. The molecule has 2 aliphatic rings. The number of aliphatic hydroxyl groups is 1. The molecule has 2 heteroatoms. The molecule has 2 nitrogen and oxygen atoms in total. The van der Waals surface area contributed by atoms with Crippen LogP contribution in [0.25, 0.3) is 0 Å². The number of hydrogen-bond acceptors (Lipinski definition) is 2. The van der Waals surface area contributed by atoms with Crippen LogP contribution in [0.5, 0.6) is 0 Å². The van der Waals surface area contributed by atoms with Gasteiger partial charge >= 0.3 is 0 Å². The zero-order valence-electron chi connectivity index (χ0n) is 9.42. The van der Waals surface area contributed by atoms with E-state index < -0.39 is 0 Å². The fourth-order valence-electron chi connectivity index (χ4n) is 2.46. The summed E-state index contributed by atoms with van der Waals surface area (Å²) in [5.41, 5.74) is 0.559. The monoisotopic (exact) mass is 197 g/mol. The van der Waals surface area contributed by atoms with E-state index in [1.54, 1.807) is 0 Å². The van der Waals surface area contributed by atoms with Crippen molar-refractivity contribution in [3.8, 4) is 0 Å². The summed E-state index contributed by atoms with van der Waals surface area (Å²) in [5.74, 6) is 0.514. The number of aliphatic hydroxyl groups excluding tert-OH is 1. The lowest BCUT2D eigenvalue weighted by Gasteiger charge is -2.23. The van der Waals surface area contributed by atoms with Gasteiger partial charge in [0, 0.05) is 12.6 Å². The first-order valence-electron chi connectivity index (χ1n) is 6.03. The van der Waals surface area contributed by atoms with Gasteiger partial charge in [0.15, 0.2) is 0 Å². The van der Waals surface area contributed by atoms with Crippen LogP contribution in [0.3, 0.4) is 0 Å². The molecule has 0 amide bonds. The number of hydrogen-bond donors (Lipinski definition) is 2. The normalized spacial score (nSPS) is 37.1. The van der Waals surface area contributed by atoms with Gasteiger partial charge in [0.25, 0.3) is 0 Å². The van der Waals surface area contributed by atoms with E-state index in [-0.39, 0.29) is 6.10 Å². The SMILES string of the molecule is CC(NCC1CCCC1O)C1(C)CC1. The van der Waals surface area contributed by atoms with Gasteiger partial charge in [-0.05, 0) is 43.9 Å². The molecule has 2 rings (SSSR count). The molecule has 0 radical (unpaired) electrons. The van der Waals surface area contributed by atoms with Crippen molar-refractivity contribution in [3.05, 3.63) is 0 Å². The van der Waals surface area contributed by atoms with Crippen molar-refractivity contribution in [1.29, 1.82) is 0 Å². The zero-order chi connectivity index (χ0) is 10.2. The van der Waals surface area contributed by atoms with Gasteiger partial charge in [-0.3, -0.25) is 0 Å². The highest BCUT2D eigenvalue weighted by molar-refractivity contribution is 4.97. The Labute approximate surface area is 87.1 Å². The van der Waals surface area contributed by atoms with Crippen LogP contribution in [0.2, 0.25) is 0 Å². The highest BCUT2D eigenvalue weighted by Crippen LogP contribution is 2.48. The fourth-order valence-corrected chi connectivity index (χ4v) is 2.46. The third-order valence-electron chi connectivity index (χ3n) is 4.39. The summed E-state index contributed by atoms with van der Waals surface area (Å²) in [7, 11) is 0. The van der Waals surface area contributed by atoms with Crippen LogP contribution in [0, 0.1) is 11.3 Å². The van der Waals surface area contributed by atoms with Gasteiger partial charge in [0.1, 0.15) is 0 Å². The molecule has 2 N–H and O–H groups in total. The molecular formula is C12H23NO. The number of nitrogens with one attached hydrogen (secondary N) is 1. The fraction of sp³-hybridized carbons (Fsp3) is 1.00. The van der Waals surface area contributed by atoms with Gasteiger partial charge < -0.3 is 10.4 Å². The lowest BCUT2D eigenvalue weighted by atomic mass is 9.99. The zero-order valence-corrected chi connectivity index (χ0v) is 9.42.